The fourth-order valence-corrected chi connectivity index (χ4v) is 2.75. The molecule has 122 valence electrons. The number of nitrogens with zero attached hydrogens (tertiary/aromatic N) is 1. The number of ether oxygens (including phenoxy) is 1. The molecule has 0 bridgehead atoms. The van der Waals surface area contributed by atoms with E-state index in [1.54, 1.807) is 12.1 Å². The van der Waals surface area contributed by atoms with Gasteiger partial charge in [-0.25, -0.2) is 0 Å². The zero-order valence-corrected chi connectivity index (χ0v) is 13.3. The van der Waals surface area contributed by atoms with E-state index < -0.39 is 6.61 Å². The van der Waals surface area contributed by atoms with Crippen molar-refractivity contribution in [2.75, 3.05) is 25.0 Å². The zero-order chi connectivity index (χ0) is 15.9. The minimum absolute atomic E-state index is 0.131. The van der Waals surface area contributed by atoms with Crippen LogP contribution in [0.5, 0.6) is 5.75 Å². The van der Waals surface area contributed by atoms with Crippen LogP contribution in [0.15, 0.2) is 24.3 Å². The Morgan fingerprint density at radius 1 is 1.32 bits per heavy atom. The molecule has 1 aliphatic heterocycles. The molecule has 22 heavy (non-hydrogen) atoms. The molecule has 0 aliphatic carbocycles. The summed E-state index contributed by atoms with van der Waals surface area (Å²) in [6, 6.07) is 6.66. The Kier molecular flexibility index (Phi) is 6.33. The molecule has 1 heterocycles. The van der Waals surface area contributed by atoms with Gasteiger partial charge in [0.15, 0.2) is 5.11 Å². The van der Waals surface area contributed by atoms with Crippen LogP contribution in [0.25, 0.3) is 0 Å². The van der Waals surface area contributed by atoms with E-state index >= 15 is 0 Å². The minimum atomic E-state index is -2.81. The highest BCUT2D eigenvalue weighted by molar-refractivity contribution is 7.80. The van der Waals surface area contributed by atoms with Crippen LogP contribution in [0.4, 0.5) is 14.5 Å². The van der Waals surface area contributed by atoms with E-state index in [9.17, 15) is 8.78 Å². The standard InChI is InChI=1S/C15H21F2N3OS/c1-2-20-9-7-12(8-10-20)19-15(22)18-11-3-5-13(6-4-11)21-14(16)17/h3-6,12,14H,2,7-10H2,1H3,(H2,18,19,22). The summed E-state index contributed by atoms with van der Waals surface area (Å²) < 4.78 is 28.4. The smallest absolute Gasteiger partial charge is 0.387 e. The van der Waals surface area contributed by atoms with Gasteiger partial charge in [0.1, 0.15) is 5.75 Å². The predicted molar refractivity (Wildman–Crippen MR) is 87.6 cm³/mol. The molecular formula is C15H21F2N3OS. The topological polar surface area (TPSA) is 36.5 Å². The molecule has 0 aromatic heterocycles. The van der Waals surface area contributed by atoms with Crippen LogP contribution in [-0.2, 0) is 0 Å². The van der Waals surface area contributed by atoms with Gasteiger partial charge in [-0.05, 0) is 55.9 Å². The van der Waals surface area contributed by atoms with Crippen LogP contribution in [0.1, 0.15) is 19.8 Å². The van der Waals surface area contributed by atoms with Gasteiger partial charge >= 0.3 is 6.61 Å². The van der Waals surface area contributed by atoms with Crippen molar-refractivity contribution in [2.24, 2.45) is 0 Å². The summed E-state index contributed by atoms with van der Waals surface area (Å²) in [4.78, 5) is 2.41. The van der Waals surface area contributed by atoms with E-state index in [0.29, 0.717) is 11.2 Å². The van der Waals surface area contributed by atoms with Gasteiger partial charge in [0.25, 0.3) is 0 Å². The Bertz CT molecular complexity index is 476. The first kappa shape index (κ1) is 16.9. The number of anilines is 1. The summed E-state index contributed by atoms with van der Waals surface area (Å²) in [5.41, 5.74) is 0.741. The summed E-state index contributed by atoms with van der Waals surface area (Å²) in [6.45, 7) is 2.60. The maximum atomic E-state index is 12.1. The summed E-state index contributed by atoms with van der Waals surface area (Å²) in [6.07, 6.45) is 2.13. The number of likely N-dealkylation sites (tertiary alicyclic amines) is 1. The molecule has 0 saturated carbocycles. The number of piperidine rings is 1. The lowest BCUT2D eigenvalue weighted by molar-refractivity contribution is -0.0498. The second-order valence-corrected chi connectivity index (χ2v) is 5.62. The fourth-order valence-electron chi connectivity index (χ4n) is 2.47. The predicted octanol–water partition coefficient (Wildman–Crippen LogP) is 3.06. The monoisotopic (exact) mass is 329 g/mol. The van der Waals surface area contributed by atoms with Gasteiger partial charge in [-0.1, -0.05) is 6.92 Å². The van der Waals surface area contributed by atoms with E-state index in [0.717, 1.165) is 38.2 Å². The Balaban J connectivity index is 1.77. The molecule has 1 saturated heterocycles. The maximum absolute atomic E-state index is 12.1. The molecule has 1 fully saturated rings. The van der Waals surface area contributed by atoms with Crippen LogP contribution < -0.4 is 15.4 Å². The Morgan fingerprint density at radius 3 is 2.50 bits per heavy atom. The molecule has 0 spiro atoms. The van der Waals surface area contributed by atoms with E-state index in [1.807, 2.05) is 0 Å². The number of nitrogens with one attached hydrogen (secondary N) is 2. The van der Waals surface area contributed by atoms with E-state index in [-0.39, 0.29) is 5.75 Å². The molecule has 0 radical (unpaired) electrons. The second-order valence-electron chi connectivity index (χ2n) is 5.21. The van der Waals surface area contributed by atoms with Gasteiger partial charge in [-0.2, -0.15) is 8.78 Å². The Hall–Kier alpha value is -1.47. The van der Waals surface area contributed by atoms with Crippen molar-refractivity contribution in [2.45, 2.75) is 32.4 Å². The molecular weight excluding hydrogens is 308 g/mol. The molecule has 2 rings (SSSR count). The maximum Gasteiger partial charge on any atom is 0.387 e. The van der Waals surface area contributed by atoms with Crippen molar-refractivity contribution in [1.29, 1.82) is 0 Å². The highest BCUT2D eigenvalue weighted by Crippen LogP contribution is 2.18. The average Bonchev–Trinajstić information content (AvgIpc) is 2.49. The number of benzene rings is 1. The summed E-state index contributed by atoms with van der Waals surface area (Å²) >= 11 is 5.29. The van der Waals surface area contributed by atoms with Crippen molar-refractivity contribution in [3.8, 4) is 5.75 Å². The highest BCUT2D eigenvalue weighted by atomic mass is 32.1. The third kappa shape index (κ3) is 5.38. The SMILES string of the molecule is CCN1CCC(NC(=S)Nc2ccc(OC(F)F)cc2)CC1. The van der Waals surface area contributed by atoms with Crippen LogP contribution >= 0.6 is 12.2 Å². The highest BCUT2D eigenvalue weighted by Gasteiger charge is 2.18. The molecule has 2 N–H and O–H groups in total. The fraction of sp³-hybridized carbons (Fsp3) is 0.533. The van der Waals surface area contributed by atoms with Gasteiger partial charge in [0.2, 0.25) is 0 Å². The number of alkyl halides is 2. The molecule has 1 aliphatic rings. The van der Waals surface area contributed by atoms with Crippen molar-refractivity contribution in [1.82, 2.24) is 10.2 Å². The number of thiocarbonyl (C=S) groups is 1. The summed E-state index contributed by atoms with van der Waals surface area (Å²) in [5.74, 6) is 0.131. The van der Waals surface area contributed by atoms with Crippen molar-refractivity contribution >= 4 is 23.0 Å². The van der Waals surface area contributed by atoms with Crippen LogP contribution in [0.2, 0.25) is 0 Å². The summed E-state index contributed by atoms with van der Waals surface area (Å²) in [7, 11) is 0. The van der Waals surface area contributed by atoms with Gasteiger partial charge in [0, 0.05) is 24.8 Å². The quantitative estimate of drug-likeness (QED) is 0.812. The molecule has 0 amide bonds. The van der Waals surface area contributed by atoms with E-state index in [2.05, 4.69) is 27.2 Å². The molecule has 0 unspecified atom stereocenters. The number of hydrogen-bond acceptors (Lipinski definition) is 3. The Labute approximate surface area is 134 Å². The van der Waals surface area contributed by atoms with Crippen LogP contribution in [0.3, 0.4) is 0 Å². The lowest BCUT2D eigenvalue weighted by Gasteiger charge is -2.32. The lowest BCUT2D eigenvalue weighted by atomic mass is 10.1. The molecule has 1 aromatic carbocycles. The van der Waals surface area contributed by atoms with Gasteiger partial charge in [-0.3, -0.25) is 0 Å². The van der Waals surface area contributed by atoms with E-state index in [1.165, 1.54) is 12.1 Å². The third-order valence-corrected chi connectivity index (χ3v) is 3.93. The van der Waals surface area contributed by atoms with Crippen molar-refractivity contribution < 1.29 is 13.5 Å². The van der Waals surface area contributed by atoms with Crippen molar-refractivity contribution in [3.05, 3.63) is 24.3 Å². The normalized spacial score (nSPS) is 16.5. The number of rotatable bonds is 5. The first-order valence-electron chi connectivity index (χ1n) is 7.41. The number of halogens is 2. The molecule has 0 atom stereocenters. The first-order chi connectivity index (χ1) is 10.6. The second kappa shape index (κ2) is 8.24. The molecule has 1 aromatic rings. The van der Waals surface area contributed by atoms with Gasteiger partial charge in [0.05, 0.1) is 0 Å². The van der Waals surface area contributed by atoms with Gasteiger partial charge in [-0.15, -0.1) is 0 Å². The lowest BCUT2D eigenvalue weighted by Crippen LogP contribution is -2.45. The third-order valence-electron chi connectivity index (χ3n) is 3.71. The minimum Gasteiger partial charge on any atom is -0.435 e. The zero-order valence-electron chi connectivity index (χ0n) is 12.5. The average molecular weight is 329 g/mol. The van der Waals surface area contributed by atoms with E-state index in [4.69, 9.17) is 12.2 Å². The largest absolute Gasteiger partial charge is 0.435 e. The van der Waals surface area contributed by atoms with Crippen molar-refractivity contribution in [3.63, 3.8) is 0 Å². The van der Waals surface area contributed by atoms with Gasteiger partial charge < -0.3 is 20.3 Å². The van der Waals surface area contributed by atoms with Crippen LogP contribution in [-0.4, -0.2) is 42.3 Å². The molecule has 4 nitrogen and oxygen atoms in total. The van der Waals surface area contributed by atoms with Crippen LogP contribution in [0, 0.1) is 0 Å². The Morgan fingerprint density at radius 2 is 1.95 bits per heavy atom. The first-order valence-corrected chi connectivity index (χ1v) is 7.82. The number of hydrogen-bond donors (Lipinski definition) is 2. The summed E-state index contributed by atoms with van der Waals surface area (Å²) in [5, 5.41) is 6.91. The molecule has 7 heteroatoms.